The predicted molar refractivity (Wildman–Crippen MR) is 40.2 cm³/mol. The maximum Gasteiger partial charge on any atom is 0.330 e. The van der Waals surface area contributed by atoms with Crippen molar-refractivity contribution in [3.05, 3.63) is 12.2 Å². The minimum Gasteiger partial charge on any atom is -0.478 e. The third-order valence-electron chi connectivity index (χ3n) is 0.854. The lowest BCUT2D eigenvalue weighted by Gasteiger charge is -1.92. The van der Waals surface area contributed by atoms with E-state index >= 15 is 0 Å². The largest absolute Gasteiger partial charge is 0.478 e. The van der Waals surface area contributed by atoms with Gasteiger partial charge < -0.3 is 5.11 Å². The molecule has 0 radical (unpaired) electrons. The van der Waals surface area contributed by atoms with Gasteiger partial charge in [-0.2, -0.15) is 0 Å². The third kappa shape index (κ3) is 5.85. The van der Waals surface area contributed by atoms with Gasteiger partial charge >= 0.3 is 29.0 Å². The fourth-order valence-electron chi connectivity index (χ4n) is 0.409. The molecule has 0 atom stereocenters. The van der Waals surface area contributed by atoms with Crippen LogP contribution in [0.3, 0.4) is 0 Å². The van der Waals surface area contributed by atoms with Crippen LogP contribution in [0.1, 0.15) is 19.8 Å². The number of carbonyl (C=O) groups is 1. The quantitative estimate of drug-likeness (QED) is 0.458. The molecule has 1 N–H and O–H groups in total. The first-order valence-electron chi connectivity index (χ1n) is 2.59. The lowest BCUT2D eigenvalue weighted by atomic mass is 10.2. The number of carboxylic acids is 1. The molecule has 0 aliphatic rings. The summed E-state index contributed by atoms with van der Waals surface area (Å²) < 4.78 is 0. The predicted octanol–water partition coefficient (Wildman–Crippen LogP) is 0.511. The highest BCUT2D eigenvalue weighted by Crippen LogP contribution is 1.99. The summed E-state index contributed by atoms with van der Waals surface area (Å²) in [5.74, 6) is -0.883. The zero-order valence-electron chi connectivity index (χ0n) is 4.98. The molecule has 9 heavy (non-hydrogen) atoms. The summed E-state index contributed by atoms with van der Waals surface area (Å²) in [6.45, 7) is 5.27. The van der Waals surface area contributed by atoms with Crippen LogP contribution in [0.25, 0.3) is 0 Å². The van der Waals surface area contributed by atoms with Gasteiger partial charge in [0, 0.05) is 5.57 Å². The van der Waals surface area contributed by atoms with Gasteiger partial charge in [0.2, 0.25) is 0 Å². The van der Waals surface area contributed by atoms with Gasteiger partial charge in [-0.1, -0.05) is 19.9 Å². The van der Waals surface area contributed by atoms with E-state index in [0.717, 1.165) is 6.42 Å². The van der Waals surface area contributed by atoms with Crippen molar-refractivity contribution in [2.75, 3.05) is 0 Å². The monoisotopic (exact) mass is 140 g/mol. The van der Waals surface area contributed by atoms with Crippen molar-refractivity contribution in [2.24, 2.45) is 0 Å². The molecular weight excluding hydrogens is 128 g/mol. The fraction of sp³-hybridized carbons (Fsp3) is 0.500. The SMILES string of the molecule is C=C(CCC)C(=O)O.[MgH2]. The van der Waals surface area contributed by atoms with Crippen LogP contribution in [0.5, 0.6) is 0 Å². The van der Waals surface area contributed by atoms with Crippen molar-refractivity contribution in [3.8, 4) is 0 Å². The molecule has 0 rings (SSSR count). The molecule has 50 valence electrons. The molecule has 0 spiro atoms. The van der Waals surface area contributed by atoms with Crippen LogP contribution in [0, 0.1) is 0 Å². The van der Waals surface area contributed by atoms with Gasteiger partial charge in [0.1, 0.15) is 0 Å². The maximum absolute atomic E-state index is 9.99. The molecule has 0 saturated heterocycles. The Labute approximate surface area is 71.1 Å². The molecule has 0 amide bonds. The van der Waals surface area contributed by atoms with E-state index in [0.29, 0.717) is 12.0 Å². The van der Waals surface area contributed by atoms with E-state index in [2.05, 4.69) is 6.58 Å². The molecule has 0 aliphatic carbocycles. The topological polar surface area (TPSA) is 37.3 Å². The second kappa shape index (κ2) is 6.10. The van der Waals surface area contributed by atoms with Crippen LogP contribution in [0.15, 0.2) is 12.2 Å². The summed E-state index contributed by atoms with van der Waals surface area (Å²) in [6, 6.07) is 0. The van der Waals surface area contributed by atoms with E-state index in [1.165, 1.54) is 0 Å². The first-order valence-corrected chi connectivity index (χ1v) is 2.59. The Hall–Kier alpha value is -0.0238. The van der Waals surface area contributed by atoms with Crippen LogP contribution in [0.2, 0.25) is 0 Å². The fourth-order valence-corrected chi connectivity index (χ4v) is 0.409. The van der Waals surface area contributed by atoms with Crippen LogP contribution in [-0.4, -0.2) is 34.1 Å². The van der Waals surface area contributed by atoms with Gasteiger partial charge in [0.25, 0.3) is 0 Å². The third-order valence-corrected chi connectivity index (χ3v) is 0.854. The molecule has 0 heterocycles. The summed E-state index contributed by atoms with van der Waals surface area (Å²) >= 11 is 0. The van der Waals surface area contributed by atoms with Crippen LogP contribution in [0.4, 0.5) is 0 Å². The van der Waals surface area contributed by atoms with Crippen molar-refractivity contribution >= 4 is 29.0 Å². The zero-order chi connectivity index (χ0) is 6.57. The van der Waals surface area contributed by atoms with E-state index in [4.69, 9.17) is 5.11 Å². The molecule has 0 unspecified atom stereocenters. The average molecular weight is 140 g/mol. The summed E-state index contributed by atoms with van der Waals surface area (Å²) in [5, 5.41) is 8.21. The average Bonchev–Trinajstić information content (AvgIpc) is 1.67. The van der Waals surface area contributed by atoms with Crippen LogP contribution in [-0.2, 0) is 4.79 Å². The van der Waals surface area contributed by atoms with Gasteiger partial charge in [-0.3, -0.25) is 0 Å². The Balaban J connectivity index is 0. The summed E-state index contributed by atoms with van der Waals surface area (Å²) in [6.07, 6.45) is 1.44. The molecular formula is C6H12MgO2. The Morgan fingerprint density at radius 1 is 1.67 bits per heavy atom. The van der Waals surface area contributed by atoms with Gasteiger partial charge in [0.05, 0.1) is 0 Å². The van der Waals surface area contributed by atoms with Gasteiger partial charge in [-0.05, 0) is 6.42 Å². The van der Waals surface area contributed by atoms with E-state index in [9.17, 15) is 4.79 Å². The second-order valence-electron chi connectivity index (χ2n) is 1.66. The van der Waals surface area contributed by atoms with E-state index < -0.39 is 5.97 Å². The lowest BCUT2D eigenvalue weighted by molar-refractivity contribution is -0.132. The molecule has 0 aromatic heterocycles. The van der Waals surface area contributed by atoms with Gasteiger partial charge in [0.15, 0.2) is 0 Å². The summed E-state index contributed by atoms with van der Waals surface area (Å²) in [5.41, 5.74) is 0.299. The van der Waals surface area contributed by atoms with Gasteiger partial charge in [-0.15, -0.1) is 0 Å². The number of rotatable bonds is 3. The van der Waals surface area contributed by atoms with Crippen molar-refractivity contribution in [1.82, 2.24) is 0 Å². The standard InChI is InChI=1S/C6H10O2.Mg.2H/c1-3-4-5(2)6(7)8;;;/h2-4H2,1H3,(H,7,8);;;. The highest BCUT2D eigenvalue weighted by Gasteiger charge is 1.99. The lowest BCUT2D eigenvalue weighted by Crippen LogP contribution is -1.97. The molecule has 0 aromatic carbocycles. The first-order chi connectivity index (χ1) is 3.68. The van der Waals surface area contributed by atoms with Gasteiger partial charge in [-0.25, -0.2) is 4.79 Å². The summed E-state index contributed by atoms with van der Waals surface area (Å²) in [4.78, 5) is 9.99. The Bertz CT molecular complexity index is 110. The zero-order valence-corrected chi connectivity index (χ0v) is 4.98. The number of hydrogen-bond acceptors (Lipinski definition) is 1. The Morgan fingerprint density at radius 3 is 2.22 bits per heavy atom. The van der Waals surface area contributed by atoms with E-state index in [1.54, 1.807) is 0 Å². The summed E-state index contributed by atoms with van der Waals surface area (Å²) in [7, 11) is 0. The molecule has 0 aromatic rings. The van der Waals surface area contributed by atoms with E-state index in [1.807, 2.05) is 6.92 Å². The number of aliphatic carboxylic acids is 1. The maximum atomic E-state index is 9.99. The Kier molecular flexibility index (Phi) is 7.96. The Morgan fingerprint density at radius 2 is 2.11 bits per heavy atom. The smallest absolute Gasteiger partial charge is 0.330 e. The van der Waals surface area contributed by atoms with E-state index in [-0.39, 0.29) is 23.1 Å². The highest BCUT2D eigenvalue weighted by atomic mass is 24.3. The van der Waals surface area contributed by atoms with Crippen molar-refractivity contribution in [3.63, 3.8) is 0 Å². The van der Waals surface area contributed by atoms with Crippen LogP contribution < -0.4 is 0 Å². The highest BCUT2D eigenvalue weighted by molar-refractivity contribution is 5.85. The molecule has 0 bridgehead atoms. The molecule has 0 aliphatic heterocycles. The van der Waals surface area contributed by atoms with Crippen molar-refractivity contribution in [2.45, 2.75) is 19.8 Å². The number of carboxylic acid groups (broad SMARTS) is 1. The minimum atomic E-state index is -0.883. The molecule has 2 nitrogen and oxygen atoms in total. The molecule has 0 saturated carbocycles. The van der Waals surface area contributed by atoms with Crippen LogP contribution >= 0.6 is 0 Å². The molecule has 3 heteroatoms. The van der Waals surface area contributed by atoms with Crippen molar-refractivity contribution < 1.29 is 9.90 Å². The minimum absolute atomic E-state index is 0. The van der Waals surface area contributed by atoms with Crippen molar-refractivity contribution in [1.29, 1.82) is 0 Å². The second-order valence-corrected chi connectivity index (χ2v) is 1.66. The first kappa shape index (κ1) is 11.7. The molecule has 0 fully saturated rings. The number of hydrogen-bond donors (Lipinski definition) is 1. The normalized spacial score (nSPS) is 7.67.